The van der Waals surface area contributed by atoms with Gasteiger partial charge in [-0.15, -0.1) is 0 Å². The Kier molecular flexibility index (Phi) is 6.47. The molecule has 5 nitrogen and oxygen atoms in total. The van der Waals surface area contributed by atoms with Crippen LogP contribution in [0.4, 0.5) is 0 Å². The molecule has 32 heavy (non-hydrogen) atoms. The Balaban J connectivity index is 1.68. The van der Waals surface area contributed by atoms with Crippen molar-refractivity contribution in [2.75, 3.05) is 13.1 Å². The molecule has 2 aromatic carbocycles. The maximum Gasteiger partial charge on any atom is 0.308 e. The van der Waals surface area contributed by atoms with Gasteiger partial charge in [0.2, 0.25) is 0 Å². The van der Waals surface area contributed by atoms with Crippen LogP contribution in [-0.4, -0.2) is 40.1 Å². The van der Waals surface area contributed by atoms with Crippen molar-refractivity contribution in [3.63, 3.8) is 0 Å². The number of nitrogens with zero attached hydrogens (tertiary/aromatic N) is 1. The zero-order valence-electron chi connectivity index (χ0n) is 18.6. The van der Waals surface area contributed by atoms with Gasteiger partial charge in [0.15, 0.2) is 0 Å². The summed E-state index contributed by atoms with van der Waals surface area (Å²) >= 11 is 0. The molecule has 4 unspecified atom stereocenters. The molecule has 4 rings (SSSR count). The second-order valence-electron chi connectivity index (χ2n) is 9.40. The van der Waals surface area contributed by atoms with Crippen LogP contribution in [-0.2, 0) is 16.1 Å². The summed E-state index contributed by atoms with van der Waals surface area (Å²) in [5, 5.41) is 20.3. The first-order valence-corrected chi connectivity index (χ1v) is 11.4. The fourth-order valence-corrected chi connectivity index (χ4v) is 5.37. The van der Waals surface area contributed by atoms with Crippen molar-refractivity contribution in [2.24, 2.45) is 17.8 Å². The number of hydrogen-bond donors (Lipinski definition) is 2. The zero-order chi connectivity index (χ0) is 22.8. The number of benzene rings is 2. The number of piperidine rings is 1. The molecule has 0 spiro atoms. The molecular weight excluding hydrogens is 402 g/mol. The molecular formula is C27H31NO4. The first-order valence-electron chi connectivity index (χ1n) is 11.4. The lowest BCUT2D eigenvalue weighted by molar-refractivity contribution is -0.157. The maximum absolute atomic E-state index is 12.4. The highest BCUT2D eigenvalue weighted by Crippen LogP contribution is 2.46. The molecule has 0 bridgehead atoms. The largest absolute Gasteiger partial charge is 0.481 e. The fraction of sp³-hybridized carbons (Fsp3) is 0.407. The van der Waals surface area contributed by atoms with Gasteiger partial charge in [-0.05, 0) is 29.0 Å². The van der Waals surface area contributed by atoms with Gasteiger partial charge < -0.3 is 10.2 Å². The van der Waals surface area contributed by atoms with Crippen molar-refractivity contribution in [1.29, 1.82) is 0 Å². The van der Waals surface area contributed by atoms with E-state index in [1.54, 1.807) is 0 Å². The number of fused-ring (bicyclic) bond motifs is 1. The van der Waals surface area contributed by atoms with Gasteiger partial charge in [0, 0.05) is 31.5 Å². The SMILES string of the molecule is CC(C)c1cccc(C2C=C3CCN(Cc4ccccc4)CC3C(C(=O)O)C2C(=O)O)c1. The minimum absolute atomic E-state index is 0.282. The van der Waals surface area contributed by atoms with Gasteiger partial charge in [0.25, 0.3) is 0 Å². The summed E-state index contributed by atoms with van der Waals surface area (Å²) in [5.74, 6) is -4.37. The lowest BCUT2D eigenvalue weighted by Crippen LogP contribution is -2.49. The Morgan fingerprint density at radius 1 is 1.00 bits per heavy atom. The predicted molar refractivity (Wildman–Crippen MR) is 123 cm³/mol. The minimum Gasteiger partial charge on any atom is -0.481 e. The summed E-state index contributed by atoms with van der Waals surface area (Å²) in [4.78, 5) is 27.1. The molecule has 0 radical (unpaired) electrons. The van der Waals surface area contributed by atoms with E-state index in [2.05, 4.69) is 37.0 Å². The van der Waals surface area contributed by atoms with Crippen molar-refractivity contribution in [3.8, 4) is 0 Å². The summed E-state index contributed by atoms with van der Waals surface area (Å²) in [7, 11) is 0. The van der Waals surface area contributed by atoms with E-state index in [1.807, 2.05) is 42.5 Å². The normalized spacial score (nSPS) is 25.8. The topological polar surface area (TPSA) is 77.8 Å². The third-order valence-corrected chi connectivity index (χ3v) is 7.03. The number of carboxylic acid groups (broad SMARTS) is 2. The molecule has 1 aliphatic heterocycles. The average Bonchev–Trinajstić information content (AvgIpc) is 2.78. The van der Waals surface area contributed by atoms with Crippen LogP contribution < -0.4 is 0 Å². The second kappa shape index (κ2) is 9.29. The summed E-state index contributed by atoms with van der Waals surface area (Å²) in [6, 6.07) is 18.1. The number of carboxylic acids is 2. The quantitative estimate of drug-likeness (QED) is 0.643. The van der Waals surface area contributed by atoms with Gasteiger partial charge in [0.1, 0.15) is 0 Å². The second-order valence-corrected chi connectivity index (χ2v) is 9.40. The van der Waals surface area contributed by atoms with E-state index in [9.17, 15) is 19.8 Å². The number of carbonyl (C=O) groups is 2. The van der Waals surface area contributed by atoms with Crippen LogP contribution in [0.5, 0.6) is 0 Å². The number of likely N-dealkylation sites (tertiary alicyclic amines) is 1. The number of aliphatic carboxylic acids is 2. The lowest BCUT2D eigenvalue weighted by Gasteiger charge is -2.44. The van der Waals surface area contributed by atoms with Crippen molar-refractivity contribution < 1.29 is 19.8 Å². The number of allylic oxidation sites excluding steroid dienone is 1. The maximum atomic E-state index is 12.4. The van der Waals surface area contributed by atoms with Crippen LogP contribution >= 0.6 is 0 Å². The Labute approximate surface area is 189 Å². The molecule has 1 saturated heterocycles. The van der Waals surface area contributed by atoms with E-state index in [4.69, 9.17) is 0 Å². The van der Waals surface area contributed by atoms with Crippen LogP contribution in [0, 0.1) is 17.8 Å². The highest BCUT2D eigenvalue weighted by molar-refractivity contribution is 5.82. The summed E-state index contributed by atoms with van der Waals surface area (Å²) in [6.45, 7) is 6.37. The third-order valence-electron chi connectivity index (χ3n) is 7.03. The van der Waals surface area contributed by atoms with Gasteiger partial charge in [-0.3, -0.25) is 14.5 Å². The zero-order valence-corrected chi connectivity index (χ0v) is 18.6. The molecule has 5 heteroatoms. The molecule has 1 heterocycles. The average molecular weight is 434 g/mol. The van der Waals surface area contributed by atoms with Gasteiger partial charge in [-0.25, -0.2) is 0 Å². The van der Waals surface area contributed by atoms with Gasteiger partial charge in [-0.1, -0.05) is 80.1 Å². The van der Waals surface area contributed by atoms with Crippen LogP contribution in [0.15, 0.2) is 66.2 Å². The fourth-order valence-electron chi connectivity index (χ4n) is 5.37. The van der Waals surface area contributed by atoms with Gasteiger partial charge in [0.05, 0.1) is 11.8 Å². The van der Waals surface area contributed by atoms with Gasteiger partial charge in [-0.2, -0.15) is 0 Å². The van der Waals surface area contributed by atoms with Crippen LogP contribution in [0.3, 0.4) is 0 Å². The smallest absolute Gasteiger partial charge is 0.308 e. The molecule has 0 amide bonds. The first-order chi connectivity index (χ1) is 15.3. The van der Waals surface area contributed by atoms with Crippen molar-refractivity contribution in [1.82, 2.24) is 4.90 Å². The molecule has 1 fully saturated rings. The van der Waals surface area contributed by atoms with E-state index in [1.165, 1.54) is 5.56 Å². The number of hydrogen-bond acceptors (Lipinski definition) is 3. The molecule has 168 valence electrons. The summed E-state index contributed by atoms with van der Waals surface area (Å²) in [5.41, 5.74) is 4.31. The van der Waals surface area contributed by atoms with Crippen LogP contribution in [0.1, 0.15) is 48.8 Å². The van der Waals surface area contributed by atoms with E-state index in [-0.39, 0.29) is 5.92 Å². The molecule has 2 aromatic rings. The molecule has 2 N–H and O–H groups in total. The predicted octanol–water partition coefficient (Wildman–Crippen LogP) is 4.76. The Morgan fingerprint density at radius 3 is 2.38 bits per heavy atom. The first kappa shape index (κ1) is 22.3. The molecule has 0 aromatic heterocycles. The van der Waals surface area contributed by atoms with Crippen molar-refractivity contribution in [3.05, 3.63) is 82.9 Å². The summed E-state index contributed by atoms with van der Waals surface area (Å²) in [6.07, 6.45) is 2.84. The van der Waals surface area contributed by atoms with E-state index in [0.29, 0.717) is 12.5 Å². The molecule has 2 aliphatic rings. The Bertz CT molecular complexity index is 1010. The molecule has 1 aliphatic carbocycles. The molecule has 4 atom stereocenters. The number of rotatable bonds is 6. The van der Waals surface area contributed by atoms with E-state index in [0.717, 1.165) is 36.2 Å². The monoisotopic (exact) mass is 433 g/mol. The highest BCUT2D eigenvalue weighted by Gasteiger charge is 2.49. The van der Waals surface area contributed by atoms with E-state index >= 15 is 0 Å². The standard InChI is InChI=1S/C27H31NO4/c1-17(2)19-9-6-10-20(13-19)22-14-21-11-12-28(15-18-7-4-3-5-8-18)16-23(21)25(27(31)32)24(22)26(29)30/h3-10,13-14,17,22-25H,11-12,15-16H2,1-2H3,(H,29,30)(H,31,32). The van der Waals surface area contributed by atoms with Crippen LogP contribution in [0.2, 0.25) is 0 Å². The Morgan fingerprint density at radius 2 is 1.72 bits per heavy atom. The highest BCUT2D eigenvalue weighted by atomic mass is 16.4. The lowest BCUT2D eigenvalue weighted by atomic mass is 9.63. The van der Waals surface area contributed by atoms with E-state index < -0.39 is 29.7 Å². The molecule has 0 saturated carbocycles. The van der Waals surface area contributed by atoms with Gasteiger partial charge >= 0.3 is 11.9 Å². The minimum atomic E-state index is -1.03. The van der Waals surface area contributed by atoms with Crippen LogP contribution in [0.25, 0.3) is 0 Å². The van der Waals surface area contributed by atoms with Crippen molar-refractivity contribution >= 4 is 11.9 Å². The third kappa shape index (κ3) is 4.49. The van der Waals surface area contributed by atoms with Crippen molar-refractivity contribution in [2.45, 2.75) is 38.6 Å². The Hall–Kier alpha value is -2.92. The summed E-state index contributed by atoms with van der Waals surface area (Å²) < 4.78 is 0.